The predicted octanol–water partition coefficient (Wildman–Crippen LogP) is 4.59. The largest absolute Gasteiger partial charge is 0.490 e. The molecule has 6 heteroatoms. The molecular weight excluding hydrogens is 436 g/mol. The van der Waals surface area contributed by atoms with Crippen LogP contribution in [0.5, 0.6) is 5.75 Å². The summed E-state index contributed by atoms with van der Waals surface area (Å²) in [6, 6.07) is 15.8. The lowest BCUT2D eigenvalue weighted by molar-refractivity contribution is -0.124. The zero-order valence-electron chi connectivity index (χ0n) is 19.0. The van der Waals surface area contributed by atoms with Crippen molar-refractivity contribution in [2.45, 2.75) is 37.7 Å². The van der Waals surface area contributed by atoms with Crippen LogP contribution < -0.4 is 4.74 Å². The van der Waals surface area contributed by atoms with E-state index >= 15 is 0 Å². The maximum Gasteiger partial charge on any atom is 0.246 e. The Morgan fingerprint density at radius 3 is 2.48 bits per heavy atom. The molecule has 2 aliphatic heterocycles. The Morgan fingerprint density at radius 2 is 1.76 bits per heavy atom. The minimum absolute atomic E-state index is 0.0457. The number of carbonyl (C=O) groups excluding carboxylic acids is 1. The second-order valence-electron chi connectivity index (χ2n) is 8.99. The van der Waals surface area contributed by atoms with Crippen molar-refractivity contribution in [3.63, 3.8) is 0 Å². The van der Waals surface area contributed by atoms with Crippen molar-refractivity contribution in [1.29, 1.82) is 0 Å². The number of hydrogen-bond donors (Lipinski definition) is 1. The number of benzene rings is 2. The molecule has 2 fully saturated rings. The Kier molecular flexibility index (Phi) is 8.43. The van der Waals surface area contributed by atoms with E-state index in [1.165, 1.54) is 5.56 Å². The predicted molar refractivity (Wildman–Crippen MR) is 133 cm³/mol. The molecule has 0 aromatic heterocycles. The minimum Gasteiger partial charge on any atom is -0.490 e. The van der Waals surface area contributed by atoms with Gasteiger partial charge in [0.2, 0.25) is 5.91 Å². The van der Waals surface area contributed by atoms with E-state index in [4.69, 9.17) is 16.3 Å². The molecule has 0 spiro atoms. The molecule has 1 unspecified atom stereocenters. The zero-order valence-corrected chi connectivity index (χ0v) is 19.8. The second-order valence-corrected chi connectivity index (χ2v) is 9.43. The number of rotatable bonds is 8. The molecule has 33 heavy (non-hydrogen) atoms. The third-order valence-electron chi connectivity index (χ3n) is 6.57. The van der Waals surface area contributed by atoms with Crippen LogP contribution in [-0.2, 0) is 4.79 Å². The number of likely N-dealkylation sites (tertiary alicyclic amines) is 2. The van der Waals surface area contributed by atoms with Crippen molar-refractivity contribution in [3.8, 4) is 5.75 Å². The Morgan fingerprint density at radius 1 is 1.06 bits per heavy atom. The number of halogens is 1. The van der Waals surface area contributed by atoms with Gasteiger partial charge in [-0.25, -0.2) is 0 Å². The standard InChI is InChI=1S/C27H33ClN2O3/c28-24-10-7-21(8-11-24)22-13-17-29(18-14-22)19-25(31)20-33-26-6-2-1-5-23(26)9-12-27(32)30-15-3-4-16-30/h1-2,5-12,22,25,31H,3-4,13-20H2. The average Bonchev–Trinajstić information content (AvgIpc) is 3.38. The monoisotopic (exact) mass is 468 g/mol. The number of aliphatic hydroxyl groups is 1. The summed E-state index contributed by atoms with van der Waals surface area (Å²) in [7, 11) is 0. The fourth-order valence-electron chi connectivity index (χ4n) is 4.67. The van der Waals surface area contributed by atoms with Crippen LogP contribution in [0.25, 0.3) is 6.08 Å². The number of carbonyl (C=O) groups is 1. The van der Waals surface area contributed by atoms with Gasteiger partial charge in [-0.1, -0.05) is 41.9 Å². The first kappa shape index (κ1) is 23.8. The third-order valence-corrected chi connectivity index (χ3v) is 6.82. The summed E-state index contributed by atoms with van der Waals surface area (Å²) in [4.78, 5) is 16.5. The van der Waals surface area contributed by atoms with Gasteiger partial charge in [-0.05, 0) is 74.5 Å². The SMILES string of the molecule is O=C(C=Cc1ccccc1OCC(O)CN1CCC(c2ccc(Cl)cc2)CC1)N1CCCC1. The summed E-state index contributed by atoms with van der Waals surface area (Å²) in [6.45, 7) is 4.42. The fraction of sp³-hybridized carbons (Fsp3) is 0.444. The summed E-state index contributed by atoms with van der Waals surface area (Å²) in [6.07, 6.45) is 7.17. The highest BCUT2D eigenvalue weighted by Crippen LogP contribution is 2.29. The van der Waals surface area contributed by atoms with Gasteiger partial charge in [-0.15, -0.1) is 0 Å². The zero-order chi connectivity index (χ0) is 23.0. The van der Waals surface area contributed by atoms with E-state index in [9.17, 15) is 9.90 Å². The maximum absolute atomic E-state index is 12.3. The molecule has 4 rings (SSSR count). The molecule has 1 N–H and O–H groups in total. The van der Waals surface area contributed by atoms with Crippen molar-refractivity contribution in [2.24, 2.45) is 0 Å². The van der Waals surface area contributed by atoms with Gasteiger partial charge in [0.1, 0.15) is 18.5 Å². The second kappa shape index (κ2) is 11.7. The van der Waals surface area contributed by atoms with Crippen LogP contribution in [0.3, 0.4) is 0 Å². The van der Waals surface area contributed by atoms with E-state index in [2.05, 4.69) is 17.0 Å². The highest BCUT2D eigenvalue weighted by Gasteiger charge is 2.22. The molecule has 0 radical (unpaired) electrons. The van der Waals surface area contributed by atoms with Crippen molar-refractivity contribution >= 4 is 23.6 Å². The van der Waals surface area contributed by atoms with Crippen LogP contribution in [0.1, 0.15) is 42.7 Å². The fourth-order valence-corrected chi connectivity index (χ4v) is 4.80. The molecular formula is C27H33ClN2O3. The lowest BCUT2D eigenvalue weighted by atomic mass is 9.89. The van der Waals surface area contributed by atoms with Crippen molar-refractivity contribution < 1.29 is 14.6 Å². The van der Waals surface area contributed by atoms with Gasteiger partial charge in [0.05, 0.1) is 0 Å². The van der Waals surface area contributed by atoms with E-state index in [0.29, 0.717) is 18.2 Å². The van der Waals surface area contributed by atoms with E-state index in [1.54, 1.807) is 6.08 Å². The van der Waals surface area contributed by atoms with Crippen molar-refractivity contribution in [2.75, 3.05) is 39.3 Å². The number of nitrogens with zero attached hydrogens (tertiary/aromatic N) is 2. The van der Waals surface area contributed by atoms with Gasteiger partial charge in [0.25, 0.3) is 0 Å². The van der Waals surface area contributed by atoms with E-state index in [0.717, 1.165) is 62.4 Å². The van der Waals surface area contributed by atoms with Crippen LogP contribution in [-0.4, -0.2) is 66.2 Å². The first-order valence-electron chi connectivity index (χ1n) is 11.9. The van der Waals surface area contributed by atoms with Crippen LogP contribution in [0.2, 0.25) is 5.02 Å². The van der Waals surface area contributed by atoms with Gasteiger partial charge in [0.15, 0.2) is 0 Å². The summed E-state index contributed by atoms with van der Waals surface area (Å²) in [5, 5.41) is 11.3. The highest BCUT2D eigenvalue weighted by atomic mass is 35.5. The molecule has 2 aliphatic rings. The number of ether oxygens (including phenoxy) is 1. The lowest BCUT2D eigenvalue weighted by Crippen LogP contribution is -2.40. The molecule has 2 saturated heterocycles. The molecule has 1 amide bonds. The molecule has 2 heterocycles. The topological polar surface area (TPSA) is 53.0 Å². The average molecular weight is 469 g/mol. The van der Waals surface area contributed by atoms with Gasteiger partial charge in [-0.3, -0.25) is 4.79 Å². The maximum atomic E-state index is 12.3. The first-order chi connectivity index (χ1) is 16.1. The molecule has 0 bridgehead atoms. The lowest BCUT2D eigenvalue weighted by Gasteiger charge is -2.33. The molecule has 5 nitrogen and oxygen atoms in total. The number of hydrogen-bond acceptors (Lipinski definition) is 4. The first-order valence-corrected chi connectivity index (χ1v) is 12.3. The molecule has 0 aliphatic carbocycles. The third kappa shape index (κ3) is 6.83. The van der Waals surface area contributed by atoms with Crippen LogP contribution in [0, 0.1) is 0 Å². The highest BCUT2D eigenvalue weighted by molar-refractivity contribution is 6.30. The normalized spacial score (nSPS) is 18.7. The van der Waals surface area contributed by atoms with Gasteiger partial charge in [-0.2, -0.15) is 0 Å². The molecule has 0 saturated carbocycles. The quantitative estimate of drug-likeness (QED) is 0.575. The van der Waals surface area contributed by atoms with Crippen LogP contribution >= 0.6 is 11.6 Å². The Balaban J connectivity index is 1.23. The van der Waals surface area contributed by atoms with Crippen LogP contribution in [0.4, 0.5) is 0 Å². The molecule has 2 aromatic carbocycles. The van der Waals surface area contributed by atoms with E-state index < -0.39 is 6.10 Å². The number of piperidine rings is 1. The minimum atomic E-state index is -0.569. The summed E-state index contributed by atoms with van der Waals surface area (Å²) in [5.74, 6) is 1.28. The molecule has 2 aromatic rings. The molecule has 1 atom stereocenters. The Bertz CT molecular complexity index is 933. The van der Waals surface area contributed by atoms with Gasteiger partial charge < -0.3 is 19.6 Å². The van der Waals surface area contributed by atoms with Crippen molar-refractivity contribution in [3.05, 3.63) is 70.8 Å². The summed E-state index contributed by atoms with van der Waals surface area (Å²) >= 11 is 6.00. The van der Waals surface area contributed by atoms with Gasteiger partial charge >= 0.3 is 0 Å². The number of para-hydroxylation sites is 1. The Labute approximate surface area is 201 Å². The Hall–Kier alpha value is -2.34. The molecule has 176 valence electrons. The number of aliphatic hydroxyl groups excluding tert-OH is 1. The number of amides is 1. The van der Waals surface area contributed by atoms with Crippen LogP contribution in [0.15, 0.2) is 54.6 Å². The smallest absolute Gasteiger partial charge is 0.246 e. The summed E-state index contributed by atoms with van der Waals surface area (Å²) < 4.78 is 5.93. The van der Waals surface area contributed by atoms with E-state index in [1.807, 2.05) is 47.4 Å². The number of β-amino-alcohol motifs (C(OH)–C–C–N with tert-alkyl or cyclic N) is 1. The van der Waals surface area contributed by atoms with E-state index in [-0.39, 0.29) is 12.5 Å². The van der Waals surface area contributed by atoms with Crippen molar-refractivity contribution in [1.82, 2.24) is 9.80 Å². The summed E-state index contributed by atoms with van der Waals surface area (Å²) in [5.41, 5.74) is 2.19. The van der Waals surface area contributed by atoms with Gasteiger partial charge in [0, 0.05) is 36.3 Å².